The van der Waals surface area contributed by atoms with Crippen LogP contribution in [0.4, 0.5) is 10.1 Å². The van der Waals surface area contributed by atoms with E-state index in [9.17, 15) is 14.0 Å². The highest BCUT2D eigenvalue weighted by Crippen LogP contribution is 2.32. The molecule has 1 aliphatic rings. The number of hydrogen-bond donors (Lipinski definition) is 2. The van der Waals surface area contributed by atoms with Crippen LogP contribution in [0.25, 0.3) is 0 Å². The van der Waals surface area contributed by atoms with E-state index in [4.69, 9.17) is 9.84 Å². The molecule has 1 amide bonds. The highest BCUT2D eigenvalue weighted by atomic mass is 79.9. The van der Waals surface area contributed by atoms with Crippen LogP contribution in [0.1, 0.15) is 0 Å². The molecule has 9 heteroatoms. The number of ether oxygens (including phenoxy) is 2. The van der Waals surface area contributed by atoms with Crippen molar-refractivity contribution in [3.63, 3.8) is 0 Å². The predicted octanol–water partition coefficient (Wildman–Crippen LogP) is 1.27. The first-order valence-corrected chi connectivity index (χ1v) is 7.73. The summed E-state index contributed by atoms with van der Waals surface area (Å²) in [5, 5.41) is 11.7. The lowest BCUT2D eigenvalue weighted by Crippen LogP contribution is -2.31. The van der Waals surface area contributed by atoms with Gasteiger partial charge in [0, 0.05) is 12.6 Å². The Labute approximate surface area is 146 Å². The van der Waals surface area contributed by atoms with E-state index >= 15 is 0 Å². The minimum absolute atomic E-state index is 0.0225. The SMILES string of the molecule is COC(=O)C1=C(Nc2cc(OC)c(Br)cc2F)C(=O)N(CCO)C1. The average molecular weight is 403 g/mol. The first-order chi connectivity index (χ1) is 11.4. The van der Waals surface area contributed by atoms with Crippen molar-refractivity contribution in [1.29, 1.82) is 0 Å². The number of anilines is 1. The molecule has 0 atom stereocenters. The minimum atomic E-state index is -0.698. The molecule has 1 aromatic rings. The number of aliphatic hydroxyl groups excluding tert-OH is 1. The fraction of sp³-hybridized carbons (Fsp3) is 0.333. The fourth-order valence-electron chi connectivity index (χ4n) is 2.26. The third kappa shape index (κ3) is 3.51. The zero-order valence-corrected chi connectivity index (χ0v) is 14.6. The van der Waals surface area contributed by atoms with Crippen molar-refractivity contribution in [2.24, 2.45) is 0 Å². The Bertz CT molecular complexity index is 707. The minimum Gasteiger partial charge on any atom is -0.495 e. The topological polar surface area (TPSA) is 88.1 Å². The number of esters is 1. The number of aliphatic hydroxyl groups is 1. The van der Waals surface area contributed by atoms with Gasteiger partial charge >= 0.3 is 5.97 Å². The molecule has 0 aliphatic carbocycles. The Kier molecular flexibility index (Phi) is 5.79. The molecule has 24 heavy (non-hydrogen) atoms. The molecule has 2 N–H and O–H groups in total. The van der Waals surface area contributed by atoms with Gasteiger partial charge in [-0.05, 0) is 22.0 Å². The van der Waals surface area contributed by atoms with Gasteiger partial charge in [-0.3, -0.25) is 4.79 Å². The second kappa shape index (κ2) is 7.63. The molecule has 0 saturated heterocycles. The Morgan fingerprint density at radius 1 is 1.46 bits per heavy atom. The van der Waals surface area contributed by atoms with Gasteiger partial charge in [0.25, 0.3) is 5.91 Å². The number of benzene rings is 1. The summed E-state index contributed by atoms with van der Waals surface area (Å²) in [6.07, 6.45) is 0. The van der Waals surface area contributed by atoms with Crippen molar-refractivity contribution >= 4 is 33.5 Å². The summed E-state index contributed by atoms with van der Waals surface area (Å²) in [4.78, 5) is 25.5. The van der Waals surface area contributed by atoms with Crippen molar-refractivity contribution in [2.75, 3.05) is 39.2 Å². The van der Waals surface area contributed by atoms with Gasteiger partial charge in [0.2, 0.25) is 0 Å². The number of nitrogens with one attached hydrogen (secondary N) is 1. The van der Waals surface area contributed by atoms with E-state index in [1.807, 2.05) is 0 Å². The number of methoxy groups -OCH3 is 2. The van der Waals surface area contributed by atoms with Crippen LogP contribution in [0, 0.1) is 5.82 Å². The highest BCUT2D eigenvalue weighted by Gasteiger charge is 2.34. The monoisotopic (exact) mass is 402 g/mol. The Morgan fingerprint density at radius 3 is 2.75 bits per heavy atom. The van der Waals surface area contributed by atoms with Crippen LogP contribution in [0.2, 0.25) is 0 Å². The van der Waals surface area contributed by atoms with E-state index in [0.717, 1.165) is 0 Å². The van der Waals surface area contributed by atoms with Crippen molar-refractivity contribution in [1.82, 2.24) is 4.90 Å². The molecular formula is C15H16BrFN2O5. The lowest BCUT2D eigenvalue weighted by atomic mass is 10.2. The van der Waals surface area contributed by atoms with Crippen molar-refractivity contribution in [3.05, 3.63) is 33.7 Å². The summed E-state index contributed by atoms with van der Waals surface area (Å²) in [5.41, 5.74) is -0.0403. The van der Waals surface area contributed by atoms with E-state index < -0.39 is 17.7 Å². The number of amides is 1. The maximum Gasteiger partial charge on any atom is 0.337 e. The van der Waals surface area contributed by atoms with Crippen LogP contribution in [-0.4, -0.2) is 55.8 Å². The van der Waals surface area contributed by atoms with Crippen LogP contribution in [0.15, 0.2) is 27.9 Å². The summed E-state index contributed by atoms with van der Waals surface area (Å²) in [7, 11) is 2.61. The van der Waals surface area contributed by atoms with Gasteiger partial charge in [-0.2, -0.15) is 0 Å². The zero-order valence-electron chi connectivity index (χ0n) is 13.1. The number of β-amino-alcohol motifs (C(OH)–C–C–N with tert-alkyl or cyclic N) is 1. The molecule has 2 rings (SSSR count). The summed E-state index contributed by atoms with van der Waals surface area (Å²) in [6, 6.07) is 2.55. The smallest absolute Gasteiger partial charge is 0.337 e. The van der Waals surface area contributed by atoms with Crippen LogP contribution >= 0.6 is 15.9 Å². The van der Waals surface area contributed by atoms with E-state index in [1.165, 1.54) is 31.3 Å². The molecule has 0 spiro atoms. The number of hydrogen-bond acceptors (Lipinski definition) is 6. The van der Waals surface area contributed by atoms with Crippen molar-refractivity contribution in [2.45, 2.75) is 0 Å². The number of rotatable bonds is 6. The van der Waals surface area contributed by atoms with Gasteiger partial charge in [-0.15, -0.1) is 0 Å². The molecule has 130 valence electrons. The van der Waals surface area contributed by atoms with Gasteiger partial charge in [-0.25, -0.2) is 9.18 Å². The van der Waals surface area contributed by atoms with E-state index in [2.05, 4.69) is 26.0 Å². The van der Waals surface area contributed by atoms with Crippen LogP contribution in [0.3, 0.4) is 0 Å². The molecule has 7 nitrogen and oxygen atoms in total. The summed E-state index contributed by atoms with van der Waals surface area (Å²) < 4.78 is 24.3. The fourth-order valence-corrected chi connectivity index (χ4v) is 2.74. The molecule has 1 aliphatic heterocycles. The molecule has 0 radical (unpaired) electrons. The maximum absolute atomic E-state index is 14.2. The Hall–Kier alpha value is -2.13. The largest absolute Gasteiger partial charge is 0.495 e. The quantitative estimate of drug-likeness (QED) is 0.696. The van der Waals surface area contributed by atoms with Crippen molar-refractivity contribution in [3.8, 4) is 5.75 Å². The predicted molar refractivity (Wildman–Crippen MR) is 87.0 cm³/mol. The molecule has 0 saturated carbocycles. The van der Waals surface area contributed by atoms with Crippen LogP contribution < -0.4 is 10.1 Å². The molecule has 0 unspecified atom stereocenters. The van der Waals surface area contributed by atoms with Gasteiger partial charge in [-0.1, -0.05) is 0 Å². The van der Waals surface area contributed by atoms with Crippen molar-refractivity contribution < 1.29 is 28.6 Å². The summed E-state index contributed by atoms with van der Waals surface area (Å²) >= 11 is 3.16. The Morgan fingerprint density at radius 2 is 2.17 bits per heavy atom. The second-order valence-corrected chi connectivity index (χ2v) is 5.74. The highest BCUT2D eigenvalue weighted by molar-refractivity contribution is 9.10. The van der Waals surface area contributed by atoms with Gasteiger partial charge in [0.15, 0.2) is 0 Å². The van der Waals surface area contributed by atoms with Gasteiger partial charge in [0.1, 0.15) is 17.3 Å². The van der Waals surface area contributed by atoms with Crippen LogP contribution in [0.5, 0.6) is 5.75 Å². The zero-order chi connectivity index (χ0) is 17.9. The standard InChI is InChI=1S/C15H16BrFN2O5/c1-23-12-6-11(10(17)5-9(12)16)18-13-8(15(22)24-2)7-19(3-4-20)14(13)21/h5-6,18,20H,3-4,7H2,1-2H3. The first kappa shape index (κ1) is 18.2. The summed E-state index contributed by atoms with van der Waals surface area (Å²) in [6.45, 7) is -0.228. The lowest BCUT2D eigenvalue weighted by Gasteiger charge is -2.15. The van der Waals surface area contributed by atoms with E-state index in [-0.39, 0.29) is 36.7 Å². The number of halogens is 2. The summed E-state index contributed by atoms with van der Waals surface area (Å²) in [5.74, 6) is -1.49. The molecule has 0 fully saturated rings. The van der Waals surface area contributed by atoms with E-state index in [0.29, 0.717) is 10.2 Å². The normalized spacial score (nSPS) is 14.2. The molecule has 1 aromatic carbocycles. The number of carbonyl (C=O) groups is 2. The molecule has 0 aromatic heterocycles. The average Bonchev–Trinajstić information content (AvgIpc) is 2.86. The van der Waals surface area contributed by atoms with E-state index in [1.54, 1.807) is 0 Å². The van der Waals surface area contributed by atoms with Gasteiger partial charge < -0.3 is 24.8 Å². The first-order valence-electron chi connectivity index (χ1n) is 6.94. The third-order valence-corrected chi connectivity index (χ3v) is 4.07. The molecule has 1 heterocycles. The van der Waals surface area contributed by atoms with Crippen LogP contribution in [-0.2, 0) is 14.3 Å². The second-order valence-electron chi connectivity index (χ2n) is 4.89. The lowest BCUT2D eigenvalue weighted by molar-refractivity contribution is -0.136. The molecular weight excluding hydrogens is 387 g/mol. The maximum atomic E-state index is 14.2. The van der Waals surface area contributed by atoms with Gasteiger partial charge in [0.05, 0.1) is 43.1 Å². The number of nitrogens with zero attached hydrogens (tertiary/aromatic N) is 1. The number of carbonyl (C=O) groups excluding carboxylic acids is 2. The third-order valence-electron chi connectivity index (χ3n) is 3.45. The molecule has 0 bridgehead atoms. The Balaban J connectivity index is 2.40.